The Balaban J connectivity index is 0.000000845. The summed E-state index contributed by atoms with van der Waals surface area (Å²) in [4.78, 5) is 3.69. The molecule has 1 aromatic rings. The van der Waals surface area contributed by atoms with Crippen LogP contribution in [0.25, 0.3) is 0 Å². The van der Waals surface area contributed by atoms with E-state index in [0.717, 1.165) is 12.4 Å². The number of benzene rings is 1. The highest BCUT2D eigenvalue weighted by Gasteiger charge is 2.17. The van der Waals surface area contributed by atoms with Gasteiger partial charge >= 0.3 is 0 Å². The van der Waals surface area contributed by atoms with Gasteiger partial charge in [0.05, 0.1) is 11.6 Å². The summed E-state index contributed by atoms with van der Waals surface area (Å²) in [6, 6.07) is 8.47. The van der Waals surface area contributed by atoms with Crippen molar-refractivity contribution >= 4 is 41.5 Å². The fraction of sp³-hybridized carbons (Fsp3) is 0.333. The van der Waals surface area contributed by atoms with Gasteiger partial charge in [-0.3, -0.25) is 0 Å². The molecule has 0 N–H and O–H groups in total. The molecule has 0 fully saturated rings. The van der Waals surface area contributed by atoms with Crippen molar-refractivity contribution in [2.24, 2.45) is 0 Å². The summed E-state index contributed by atoms with van der Waals surface area (Å²) in [5.41, 5.74) is 1.34. The highest BCUT2D eigenvalue weighted by atomic mass is 35.5. The molecule has 0 amide bonds. The van der Waals surface area contributed by atoms with Crippen LogP contribution in [-0.2, 0) is 0 Å². The van der Waals surface area contributed by atoms with E-state index in [0.29, 0.717) is 5.88 Å². The number of nitrogens with zero attached hydrogens (tertiary/aromatic N) is 1. The van der Waals surface area contributed by atoms with Gasteiger partial charge < -0.3 is 4.90 Å². The number of fused-ring (bicyclic) bond motifs is 1. The largest absolute Gasteiger partial charge is 0.360 e. The van der Waals surface area contributed by atoms with Crippen molar-refractivity contribution in [3.63, 3.8) is 0 Å². The van der Waals surface area contributed by atoms with Crippen LogP contribution in [0.3, 0.4) is 0 Å². The lowest BCUT2D eigenvalue weighted by atomic mass is 10.3. The van der Waals surface area contributed by atoms with Gasteiger partial charge in [-0.2, -0.15) is 0 Å². The van der Waals surface area contributed by atoms with Crippen molar-refractivity contribution in [1.82, 2.24) is 0 Å². The maximum atomic E-state index is 5.70. The molecule has 0 aliphatic carbocycles. The third kappa shape index (κ3) is 2.25. The minimum Gasteiger partial charge on any atom is -0.360 e. The van der Waals surface area contributed by atoms with Crippen molar-refractivity contribution in [2.75, 3.05) is 23.2 Å². The van der Waals surface area contributed by atoms with Crippen LogP contribution >= 0.6 is 35.8 Å². The second kappa shape index (κ2) is 4.99. The molecule has 13 heavy (non-hydrogen) atoms. The highest BCUT2D eigenvalue weighted by Crippen LogP contribution is 2.37. The van der Waals surface area contributed by atoms with Crippen LogP contribution in [-0.4, -0.2) is 18.3 Å². The molecule has 0 unspecified atom stereocenters. The van der Waals surface area contributed by atoms with Crippen molar-refractivity contribution in [1.29, 1.82) is 0 Å². The van der Waals surface area contributed by atoms with Gasteiger partial charge in [0, 0.05) is 17.3 Å². The molecule has 1 nitrogen and oxygen atoms in total. The summed E-state index contributed by atoms with van der Waals surface area (Å²) < 4.78 is 0. The van der Waals surface area contributed by atoms with Gasteiger partial charge in [0.25, 0.3) is 0 Å². The van der Waals surface area contributed by atoms with E-state index < -0.39 is 0 Å². The lowest BCUT2D eigenvalue weighted by Gasteiger charge is -2.15. The van der Waals surface area contributed by atoms with Gasteiger partial charge in [-0.05, 0) is 12.1 Å². The van der Waals surface area contributed by atoms with Crippen molar-refractivity contribution < 1.29 is 0 Å². The third-order valence-corrected chi connectivity index (χ3v) is 3.20. The smallest absolute Gasteiger partial charge is 0.0687 e. The third-order valence-electron chi connectivity index (χ3n) is 1.94. The molecule has 1 aliphatic rings. The quantitative estimate of drug-likeness (QED) is 0.725. The predicted molar refractivity (Wildman–Crippen MR) is 62.5 cm³/mol. The van der Waals surface area contributed by atoms with Crippen LogP contribution in [0.15, 0.2) is 29.2 Å². The van der Waals surface area contributed by atoms with Gasteiger partial charge in [-0.1, -0.05) is 12.1 Å². The van der Waals surface area contributed by atoms with Crippen LogP contribution in [0, 0.1) is 0 Å². The summed E-state index contributed by atoms with van der Waals surface area (Å²) in [6.07, 6.45) is 0. The standard InChI is InChI=1S/C9H10ClNS.ClH/c10-5-6-11-7-12-9-4-2-1-3-8(9)11;/h1-4H,5-7H2;1H. The number of thioether (sulfide) groups is 1. The molecule has 72 valence electrons. The highest BCUT2D eigenvalue weighted by molar-refractivity contribution is 7.99. The molecular weight excluding hydrogens is 225 g/mol. The Labute approximate surface area is 93.9 Å². The molecule has 0 bridgehead atoms. The van der Waals surface area contributed by atoms with E-state index in [1.165, 1.54) is 10.6 Å². The molecule has 0 radical (unpaired) electrons. The van der Waals surface area contributed by atoms with Crippen LogP contribution in [0.1, 0.15) is 0 Å². The van der Waals surface area contributed by atoms with Crippen molar-refractivity contribution in [2.45, 2.75) is 4.90 Å². The number of hydrogen-bond donors (Lipinski definition) is 0. The van der Waals surface area contributed by atoms with Gasteiger partial charge in [-0.25, -0.2) is 0 Å². The average Bonchev–Trinajstić information content (AvgIpc) is 2.50. The molecule has 1 aliphatic heterocycles. The topological polar surface area (TPSA) is 3.24 Å². The van der Waals surface area contributed by atoms with Crippen LogP contribution in [0.4, 0.5) is 5.69 Å². The summed E-state index contributed by atoms with van der Waals surface area (Å²) in [7, 11) is 0. The van der Waals surface area contributed by atoms with Gasteiger partial charge in [-0.15, -0.1) is 35.8 Å². The summed E-state index contributed by atoms with van der Waals surface area (Å²) in [6.45, 7) is 0.950. The van der Waals surface area contributed by atoms with E-state index in [4.69, 9.17) is 11.6 Å². The van der Waals surface area contributed by atoms with E-state index in [2.05, 4.69) is 29.2 Å². The van der Waals surface area contributed by atoms with Crippen molar-refractivity contribution in [3.8, 4) is 0 Å². The first-order chi connectivity index (χ1) is 5.92. The zero-order valence-corrected chi connectivity index (χ0v) is 9.46. The first kappa shape index (κ1) is 11.0. The molecule has 1 aromatic carbocycles. The minimum absolute atomic E-state index is 0. The van der Waals surface area contributed by atoms with Gasteiger partial charge in [0.15, 0.2) is 0 Å². The molecule has 0 saturated heterocycles. The second-order valence-electron chi connectivity index (χ2n) is 2.69. The lowest BCUT2D eigenvalue weighted by molar-refractivity contribution is 0.956. The first-order valence-electron chi connectivity index (χ1n) is 3.94. The second-order valence-corrected chi connectivity index (χ2v) is 4.06. The molecule has 1 heterocycles. The van der Waals surface area contributed by atoms with E-state index in [9.17, 15) is 0 Å². The fourth-order valence-corrected chi connectivity index (χ4v) is 2.63. The van der Waals surface area contributed by atoms with E-state index in [-0.39, 0.29) is 12.4 Å². The normalized spacial score (nSPS) is 13.8. The number of alkyl halides is 1. The molecular formula is C9H11Cl2NS. The summed E-state index contributed by atoms with van der Waals surface area (Å²) in [5, 5.41) is 0. The van der Waals surface area contributed by atoms with Gasteiger partial charge in [0.2, 0.25) is 0 Å². The zero-order chi connectivity index (χ0) is 8.39. The molecule has 0 saturated carbocycles. The first-order valence-corrected chi connectivity index (χ1v) is 5.46. The van der Waals surface area contributed by atoms with Crippen LogP contribution in [0.5, 0.6) is 0 Å². The number of halogens is 2. The van der Waals surface area contributed by atoms with Crippen molar-refractivity contribution in [3.05, 3.63) is 24.3 Å². The van der Waals surface area contributed by atoms with E-state index >= 15 is 0 Å². The maximum Gasteiger partial charge on any atom is 0.0687 e. The van der Waals surface area contributed by atoms with E-state index in [1.54, 1.807) is 0 Å². The summed E-state index contributed by atoms with van der Waals surface area (Å²) in [5.74, 6) is 1.75. The number of hydrogen-bond acceptors (Lipinski definition) is 2. The zero-order valence-electron chi connectivity index (χ0n) is 7.07. The average molecular weight is 236 g/mol. The number of rotatable bonds is 2. The Hall–Kier alpha value is -0.0500. The SMILES string of the molecule is Cl.ClCCN1CSc2ccccc21. The molecule has 4 heteroatoms. The number of anilines is 1. The lowest BCUT2D eigenvalue weighted by Crippen LogP contribution is -2.21. The Morgan fingerprint density at radius 1 is 1.38 bits per heavy atom. The Morgan fingerprint density at radius 2 is 2.15 bits per heavy atom. The summed E-state index contributed by atoms with van der Waals surface area (Å²) >= 11 is 7.58. The number of para-hydroxylation sites is 1. The Kier molecular flexibility index (Phi) is 4.23. The molecule has 0 spiro atoms. The minimum atomic E-state index is 0. The monoisotopic (exact) mass is 235 g/mol. The van der Waals surface area contributed by atoms with Crippen LogP contribution < -0.4 is 4.90 Å². The van der Waals surface area contributed by atoms with E-state index in [1.807, 2.05) is 11.8 Å². The fourth-order valence-electron chi connectivity index (χ4n) is 1.34. The Bertz CT molecular complexity index is 278. The van der Waals surface area contributed by atoms with Gasteiger partial charge in [0.1, 0.15) is 0 Å². The predicted octanol–water partition coefficient (Wildman–Crippen LogP) is 3.22. The maximum absolute atomic E-state index is 5.70. The molecule has 0 atom stereocenters. The molecule has 2 rings (SSSR count). The molecule has 0 aromatic heterocycles. The van der Waals surface area contributed by atoms with Crippen LogP contribution in [0.2, 0.25) is 0 Å². The Morgan fingerprint density at radius 3 is 2.92 bits per heavy atom.